The number of methoxy groups -OCH3 is 1. The SMILES string of the molecule is CO[C@H]1CN(C)C(=O)c2cc(NC(=O)C3CCC3)ccc2OC[C@@H](C)N(CC2CCCCC2)C[C@H]1C. The van der Waals surface area contributed by atoms with Crippen molar-refractivity contribution in [2.75, 3.05) is 45.7 Å². The van der Waals surface area contributed by atoms with Crippen LogP contribution in [0.3, 0.4) is 0 Å². The van der Waals surface area contributed by atoms with E-state index in [2.05, 4.69) is 24.1 Å². The van der Waals surface area contributed by atoms with Gasteiger partial charge in [0, 0.05) is 51.4 Å². The smallest absolute Gasteiger partial charge is 0.257 e. The monoisotopic (exact) mass is 499 g/mol. The van der Waals surface area contributed by atoms with Gasteiger partial charge in [-0.2, -0.15) is 0 Å². The van der Waals surface area contributed by atoms with Crippen molar-refractivity contribution in [1.29, 1.82) is 0 Å². The van der Waals surface area contributed by atoms with Crippen molar-refractivity contribution in [3.05, 3.63) is 23.8 Å². The number of hydrogen-bond donors (Lipinski definition) is 1. The molecule has 1 heterocycles. The number of ether oxygens (including phenoxy) is 2. The van der Waals surface area contributed by atoms with Gasteiger partial charge in [-0.3, -0.25) is 14.5 Å². The van der Waals surface area contributed by atoms with Crippen LogP contribution in [-0.2, 0) is 9.53 Å². The topological polar surface area (TPSA) is 71.1 Å². The second-order valence-corrected chi connectivity index (χ2v) is 11.4. The van der Waals surface area contributed by atoms with Gasteiger partial charge in [0.05, 0.1) is 11.7 Å². The molecular formula is C29H45N3O4. The van der Waals surface area contributed by atoms with Crippen LogP contribution in [-0.4, -0.2) is 74.2 Å². The maximum absolute atomic E-state index is 13.5. The van der Waals surface area contributed by atoms with Crippen LogP contribution in [0.4, 0.5) is 5.69 Å². The van der Waals surface area contributed by atoms with Crippen molar-refractivity contribution in [3.8, 4) is 5.75 Å². The number of carbonyl (C=O) groups is 2. The summed E-state index contributed by atoms with van der Waals surface area (Å²) in [6, 6.07) is 5.66. The summed E-state index contributed by atoms with van der Waals surface area (Å²) in [5.41, 5.74) is 1.13. The zero-order valence-electron chi connectivity index (χ0n) is 22.6. The van der Waals surface area contributed by atoms with E-state index in [0.29, 0.717) is 30.2 Å². The van der Waals surface area contributed by atoms with Crippen LogP contribution in [0.5, 0.6) is 5.75 Å². The molecule has 1 aliphatic heterocycles. The Morgan fingerprint density at radius 3 is 2.50 bits per heavy atom. The third-order valence-electron chi connectivity index (χ3n) is 8.53. The Morgan fingerprint density at radius 2 is 1.83 bits per heavy atom. The Labute approximate surface area is 216 Å². The van der Waals surface area contributed by atoms with Gasteiger partial charge in [-0.15, -0.1) is 0 Å². The first-order chi connectivity index (χ1) is 17.4. The summed E-state index contributed by atoms with van der Waals surface area (Å²) in [5, 5.41) is 3.01. The van der Waals surface area contributed by atoms with E-state index >= 15 is 0 Å². The number of nitrogens with one attached hydrogen (secondary N) is 1. The van der Waals surface area contributed by atoms with Crippen molar-refractivity contribution >= 4 is 17.5 Å². The van der Waals surface area contributed by atoms with Crippen LogP contribution >= 0.6 is 0 Å². The van der Waals surface area contributed by atoms with Gasteiger partial charge in [0.25, 0.3) is 5.91 Å². The van der Waals surface area contributed by atoms with E-state index in [9.17, 15) is 9.59 Å². The molecule has 2 amide bonds. The summed E-state index contributed by atoms with van der Waals surface area (Å²) in [6.07, 6.45) is 9.56. The molecule has 4 rings (SSSR count). The molecule has 0 radical (unpaired) electrons. The van der Waals surface area contributed by atoms with Crippen molar-refractivity contribution in [2.24, 2.45) is 17.8 Å². The average molecular weight is 500 g/mol. The lowest BCUT2D eigenvalue weighted by Crippen LogP contribution is -2.48. The van der Waals surface area contributed by atoms with Crippen molar-refractivity contribution in [2.45, 2.75) is 77.4 Å². The number of anilines is 1. The minimum atomic E-state index is -0.119. The first-order valence-electron chi connectivity index (χ1n) is 14.0. The molecule has 3 aliphatic rings. The zero-order valence-corrected chi connectivity index (χ0v) is 22.6. The fourth-order valence-corrected chi connectivity index (χ4v) is 5.80. The fraction of sp³-hybridized carbons (Fsp3) is 0.724. The molecule has 2 aliphatic carbocycles. The fourth-order valence-electron chi connectivity index (χ4n) is 5.80. The van der Waals surface area contributed by atoms with E-state index in [1.807, 2.05) is 19.2 Å². The molecule has 2 fully saturated rings. The van der Waals surface area contributed by atoms with Gasteiger partial charge in [0.15, 0.2) is 0 Å². The molecule has 3 atom stereocenters. The Bertz CT molecular complexity index is 897. The Kier molecular flexibility index (Phi) is 9.29. The number of nitrogens with zero attached hydrogens (tertiary/aromatic N) is 2. The molecule has 0 bridgehead atoms. The van der Waals surface area contributed by atoms with Crippen LogP contribution < -0.4 is 10.1 Å². The van der Waals surface area contributed by atoms with Gasteiger partial charge in [-0.1, -0.05) is 32.6 Å². The van der Waals surface area contributed by atoms with E-state index in [1.165, 1.54) is 32.1 Å². The van der Waals surface area contributed by atoms with E-state index < -0.39 is 0 Å². The van der Waals surface area contributed by atoms with Crippen LogP contribution in [0.15, 0.2) is 18.2 Å². The van der Waals surface area contributed by atoms with Gasteiger partial charge in [0.2, 0.25) is 5.91 Å². The third-order valence-corrected chi connectivity index (χ3v) is 8.53. The zero-order chi connectivity index (χ0) is 25.7. The van der Waals surface area contributed by atoms with E-state index in [4.69, 9.17) is 9.47 Å². The second kappa shape index (κ2) is 12.4. The predicted molar refractivity (Wildman–Crippen MR) is 142 cm³/mol. The molecule has 36 heavy (non-hydrogen) atoms. The predicted octanol–water partition coefficient (Wildman–Crippen LogP) is 4.81. The Morgan fingerprint density at radius 1 is 1.08 bits per heavy atom. The van der Waals surface area contributed by atoms with Gasteiger partial charge in [-0.05, 0) is 62.6 Å². The highest BCUT2D eigenvalue weighted by Crippen LogP contribution is 2.31. The van der Waals surface area contributed by atoms with E-state index in [1.54, 1.807) is 18.1 Å². The quantitative estimate of drug-likeness (QED) is 0.630. The summed E-state index contributed by atoms with van der Waals surface area (Å²) in [4.78, 5) is 30.3. The summed E-state index contributed by atoms with van der Waals surface area (Å²) in [5.74, 6) is 1.58. The summed E-state index contributed by atoms with van der Waals surface area (Å²) >= 11 is 0. The maximum atomic E-state index is 13.5. The minimum absolute atomic E-state index is 0.0383. The first kappa shape index (κ1) is 26.9. The summed E-state index contributed by atoms with van der Waals surface area (Å²) in [7, 11) is 3.56. The molecule has 7 nitrogen and oxygen atoms in total. The van der Waals surface area contributed by atoms with Gasteiger partial charge in [0.1, 0.15) is 12.4 Å². The van der Waals surface area contributed by atoms with Crippen molar-refractivity contribution in [3.63, 3.8) is 0 Å². The number of benzene rings is 1. The third kappa shape index (κ3) is 6.60. The Balaban J connectivity index is 1.57. The highest BCUT2D eigenvalue weighted by Gasteiger charge is 2.30. The second-order valence-electron chi connectivity index (χ2n) is 11.4. The lowest BCUT2D eigenvalue weighted by Gasteiger charge is -2.38. The molecule has 0 spiro atoms. The number of hydrogen-bond acceptors (Lipinski definition) is 5. The average Bonchev–Trinajstić information content (AvgIpc) is 2.84. The van der Waals surface area contributed by atoms with Crippen LogP contribution in [0.2, 0.25) is 0 Å². The molecule has 2 saturated carbocycles. The molecule has 1 aromatic carbocycles. The summed E-state index contributed by atoms with van der Waals surface area (Å²) in [6.45, 7) is 7.46. The lowest BCUT2D eigenvalue weighted by atomic mass is 9.85. The van der Waals surface area contributed by atoms with Crippen molar-refractivity contribution < 1.29 is 19.1 Å². The van der Waals surface area contributed by atoms with Gasteiger partial charge >= 0.3 is 0 Å². The number of rotatable bonds is 5. The maximum Gasteiger partial charge on any atom is 0.257 e. The number of carbonyl (C=O) groups excluding carboxylic acids is 2. The number of amides is 2. The molecule has 0 saturated heterocycles. The van der Waals surface area contributed by atoms with Gasteiger partial charge < -0.3 is 19.7 Å². The van der Waals surface area contributed by atoms with Crippen molar-refractivity contribution in [1.82, 2.24) is 9.80 Å². The molecule has 1 aromatic rings. The lowest BCUT2D eigenvalue weighted by molar-refractivity contribution is -0.122. The number of likely N-dealkylation sites (N-methyl/N-ethyl adjacent to an activating group) is 1. The number of fused-ring (bicyclic) bond motifs is 1. The molecule has 7 heteroatoms. The van der Waals surface area contributed by atoms with Crippen LogP contribution in [0, 0.1) is 17.8 Å². The molecule has 1 N–H and O–H groups in total. The first-order valence-corrected chi connectivity index (χ1v) is 14.0. The molecule has 0 aromatic heterocycles. The minimum Gasteiger partial charge on any atom is -0.491 e. The standard InChI is InChI=1S/C29H45N3O4/c1-20-16-32(17-22-9-6-5-7-10-22)21(2)19-36-26-14-13-24(30-28(33)23-11-8-12-23)15-25(26)29(34)31(3)18-27(20)35-4/h13-15,20-23,27H,5-12,16-19H2,1-4H3,(H,30,33)/t20-,21-,27+/m1/s1. The highest BCUT2D eigenvalue weighted by atomic mass is 16.5. The molecular weight excluding hydrogens is 454 g/mol. The molecule has 200 valence electrons. The molecule has 0 unspecified atom stereocenters. The largest absolute Gasteiger partial charge is 0.491 e. The van der Waals surface area contributed by atoms with E-state index in [0.717, 1.165) is 38.3 Å². The highest BCUT2D eigenvalue weighted by molar-refractivity contribution is 6.00. The van der Waals surface area contributed by atoms with Crippen LogP contribution in [0.25, 0.3) is 0 Å². The Hall–Kier alpha value is -2.12. The normalized spacial score (nSPS) is 27.3. The van der Waals surface area contributed by atoms with Crippen LogP contribution in [0.1, 0.15) is 75.6 Å². The van der Waals surface area contributed by atoms with Gasteiger partial charge in [-0.25, -0.2) is 0 Å². The van der Waals surface area contributed by atoms with E-state index in [-0.39, 0.29) is 35.8 Å². The summed E-state index contributed by atoms with van der Waals surface area (Å²) < 4.78 is 12.2.